The number of benzene rings is 3. The van der Waals surface area contributed by atoms with Crippen LogP contribution in [-0.2, 0) is 16.1 Å². The molecule has 5 aromatic rings. The summed E-state index contributed by atoms with van der Waals surface area (Å²) in [5.41, 5.74) is 7.70. The number of fused-ring (bicyclic) bond motifs is 1. The number of amides is 2. The van der Waals surface area contributed by atoms with Crippen molar-refractivity contribution in [2.24, 2.45) is 0 Å². The molecule has 3 aromatic carbocycles. The molecule has 1 unspecified atom stereocenters. The normalized spacial score (nSPS) is 14.8. The predicted molar refractivity (Wildman–Crippen MR) is 168 cm³/mol. The molecule has 0 spiro atoms. The van der Waals surface area contributed by atoms with Gasteiger partial charge >= 0.3 is 0 Å². The van der Waals surface area contributed by atoms with Crippen LogP contribution in [-0.4, -0.2) is 38.9 Å². The van der Waals surface area contributed by atoms with Crippen molar-refractivity contribution in [2.75, 3.05) is 17.2 Å². The van der Waals surface area contributed by atoms with Gasteiger partial charge in [-0.3, -0.25) is 19.5 Å². The van der Waals surface area contributed by atoms with Gasteiger partial charge in [0.25, 0.3) is 0 Å². The number of pyridine rings is 1. The molecule has 0 radical (unpaired) electrons. The molecule has 0 saturated heterocycles. The first-order chi connectivity index (χ1) is 20.5. The number of hydrogen-bond donors (Lipinski definition) is 1. The van der Waals surface area contributed by atoms with Crippen LogP contribution >= 0.6 is 11.8 Å². The summed E-state index contributed by atoms with van der Waals surface area (Å²) in [5, 5.41) is 8.00. The number of para-hydroxylation sites is 1. The van der Waals surface area contributed by atoms with Gasteiger partial charge in [-0.25, -0.2) is 4.68 Å². The lowest BCUT2D eigenvalue weighted by Crippen LogP contribution is -2.42. The lowest BCUT2D eigenvalue weighted by molar-refractivity contribution is -0.123. The number of rotatable bonds is 7. The highest BCUT2D eigenvalue weighted by Crippen LogP contribution is 2.49. The molecule has 1 N–H and O–H groups in total. The first-order valence-corrected chi connectivity index (χ1v) is 14.9. The molecule has 0 saturated carbocycles. The Labute approximate surface area is 249 Å². The first-order valence-electron chi connectivity index (χ1n) is 13.9. The summed E-state index contributed by atoms with van der Waals surface area (Å²) in [6, 6.07) is 30.1. The minimum atomic E-state index is -0.253. The van der Waals surface area contributed by atoms with Gasteiger partial charge in [0, 0.05) is 30.1 Å². The van der Waals surface area contributed by atoms with E-state index in [0.29, 0.717) is 12.4 Å². The van der Waals surface area contributed by atoms with E-state index < -0.39 is 0 Å². The number of aromatic nitrogens is 3. The van der Waals surface area contributed by atoms with Gasteiger partial charge in [-0.05, 0) is 48.2 Å². The highest BCUT2D eigenvalue weighted by atomic mass is 32.2. The Morgan fingerprint density at radius 1 is 0.929 bits per heavy atom. The Hall–Kier alpha value is -4.69. The zero-order valence-corrected chi connectivity index (χ0v) is 24.3. The minimum absolute atomic E-state index is 0.126. The highest BCUT2D eigenvalue weighted by Gasteiger charge is 2.38. The topological polar surface area (TPSA) is 80.1 Å². The molecule has 1 aliphatic heterocycles. The van der Waals surface area contributed by atoms with Crippen molar-refractivity contribution in [3.05, 3.63) is 131 Å². The van der Waals surface area contributed by atoms with E-state index in [9.17, 15) is 9.59 Å². The summed E-state index contributed by atoms with van der Waals surface area (Å²) in [6.07, 6.45) is 3.42. The van der Waals surface area contributed by atoms with Gasteiger partial charge in [0.15, 0.2) is 0 Å². The van der Waals surface area contributed by atoms with Gasteiger partial charge in [-0.1, -0.05) is 78.9 Å². The average molecular weight is 574 g/mol. The summed E-state index contributed by atoms with van der Waals surface area (Å²) >= 11 is 1.58. The second kappa shape index (κ2) is 12.0. The smallest absolute Gasteiger partial charge is 0.240 e. The zero-order chi connectivity index (χ0) is 29.1. The molecule has 8 heteroatoms. The predicted octanol–water partition coefficient (Wildman–Crippen LogP) is 6.04. The van der Waals surface area contributed by atoms with E-state index in [-0.39, 0.29) is 29.4 Å². The summed E-state index contributed by atoms with van der Waals surface area (Å²) in [6.45, 7) is 4.33. The number of hydrogen-bond acceptors (Lipinski definition) is 5. The first kappa shape index (κ1) is 27.5. The summed E-state index contributed by atoms with van der Waals surface area (Å²) in [5.74, 6) is 0.466. The maximum absolute atomic E-state index is 13.9. The van der Waals surface area contributed by atoms with E-state index in [1.54, 1.807) is 29.1 Å². The number of carbonyl (C=O) groups excluding carboxylic acids is 2. The summed E-state index contributed by atoms with van der Waals surface area (Å²) in [7, 11) is 0. The van der Waals surface area contributed by atoms with E-state index in [1.165, 1.54) is 0 Å². The molecule has 0 aliphatic carbocycles. The summed E-state index contributed by atoms with van der Waals surface area (Å²) < 4.78 is 1.86. The molecule has 0 fully saturated rings. The maximum Gasteiger partial charge on any atom is 0.240 e. The molecule has 2 amide bonds. The number of nitrogens with one attached hydrogen (secondary N) is 1. The second-order valence-electron chi connectivity index (χ2n) is 10.3. The van der Waals surface area contributed by atoms with Crippen molar-refractivity contribution < 1.29 is 9.59 Å². The standard InChI is InChI=1S/C34H31N5O2S/c1-23-11-6-8-16-27(23)33-31-32(26-14-4-3-5-15-26)37-39(28-17-9-7-12-24(28)2)34(31)38(30(41)22-42-33)21-29(40)36-20-25-13-10-18-35-19-25/h3-19,33H,20-22H2,1-2H3,(H,36,40). The van der Waals surface area contributed by atoms with Crippen LogP contribution in [0.4, 0.5) is 5.82 Å². The molecule has 210 valence electrons. The van der Waals surface area contributed by atoms with Gasteiger partial charge in [-0.2, -0.15) is 5.10 Å². The van der Waals surface area contributed by atoms with Crippen LogP contribution in [0.15, 0.2) is 103 Å². The van der Waals surface area contributed by atoms with Crippen molar-refractivity contribution in [3.8, 4) is 16.9 Å². The fourth-order valence-electron chi connectivity index (χ4n) is 5.33. The van der Waals surface area contributed by atoms with E-state index in [1.807, 2.05) is 90.5 Å². The number of anilines is 1. The molecule has 6 rings (SSSR count). The van der Waals surface area contributed by atoms with Crippen LogP contribution in [0.5, 0.6) is 0 Å². The Morgan fingerprint density at radius 2 is 1.67 bits per heavy atom. The van der Waals surface area contributed by atoms with Gasteiger partial charge in [-0.15, -0.1) is 11.8 Å². The number of aryl methyl sites for hydroxylation is 2. The van der Waals surface area contributed by atoms with Gasteiger partial charge < -0.3 is 5.32 Å². The highest BCUT2D eigenvalue weighted by molar-refractivity contribution is 8.00. The Balaban J connectivity index is 1.54. The van der Waals surface area contributed by atoms with Crippen LogP contribution in [0.2, 0.25) is 0 Å². The molecular weight excluding hydrogens is 542 g/mol. The third-order valence-corrected chi connectivity index (χ3v) is 8.70. The SMILES string of the molecule is Cc1ccccc1C1SCC(=O)N(CC(=O)NCc2cccnc2)c2c1c(-c1ccccc1)nn2-c1ccccc1C. The van der Waals surface area contributed by atoms with Crippen molar-refractivity contribution in [1.82, 2.24) is 20.1 Å². The van der Waals surface area contributed by atoms with Crippen LogP contribution in [0, 0.1) is 13.8 Å². The third-order valence-electron chi connectivity index (χ3n) is 7.47. The van der Waals surface area contributed by atoms with E-state index in [4.69, 9.17) is 5.10 Å². The Morgan fingerprint density at radius 3 is 2.40 bits per heavy atom. The molecule has 7 nitrogen and oxygen atoms in total. The van der Waals surface area contributed by atoms with Crippen molar-refractivity contribution in [3.63, 3.8) is 0 Å². The lowest BCUT2D eigenvalue weighted by Gasteiger charge is -2.24. The van der Waals surface area contributed by atoms with Gasteiger partial charge in [0.05, 0.1) is 22.4 Å². The number of nitrogens with zero attached hydrogens (tertiary/aromatic N) is 4. The molecule has 42 heavy (non-hydrogen) atoms. The molecule has 1 aliphatic rings. The Bertz CT molecular complexity index is 1740. The molecule has 2 aromatic heterocycles. The minimum Gasteiger partial charge on any atom is -0.350 e. The van der Waals surface area contributed by atoms with Crippen LogP contribution in [0.25, 0.3) is 16.9 Å². The molecule has 1 atom stereocenters. The van der Waals surface area contributed by atoms with Crippen molar-refractivity contribution in [1.29, 1.82) is 0 Å². The van der Waals surface area contributed by atoms with Gasteiger partial charge in [0.2, 0.25) is 11.8 Å². The fraction of sp³-hybridized carbons (Fsp3) is 0.176. The quantitative estimate of drug-likeness (QED) is 0.257. The van der Waals surface area contributed by atoms with Crippen LogP contribution in [0.3, 0.4) is 0 Å². The fourth-order valence-corrected chi connectivity index (χ4v) is 6.62. The monoisotopic (exact) mass is 573 g/mol. The summed E-state index contributed by atoms with van der Waals surface area (Å²) in [4.78, 5) is 33.1. The zero-order valence-electron chi connectivity index (χ0n) is 23.5. The van der Waals surface area contributed by atoms with Crippen LogP contribution in [0.1, 0.15) is 33.1 Å². The lowest BCUT2D eigenvalue weighted by atomic mass is 9.96. The number of thioether (sulfide) groups is 1. The van der Waals surface area contributed by atoms with E-state index >= 15 is 0 Å². The molecule has 0 bridgehead atoms. The maximum atomic E-state index is 13.9. The molecule has 3 heterocycles. The molecular formula is C34H31N5O2S. The Kier molecular flexibility index (Phi) is 7.88. The third kappa shape index (κ3) is 5.45. The second-order valence-corrected chi connectivity index (χ2v) is 11.4. The largest absolute Gasteiger partial charge is 0.350 e. The van der Waals surface area contributed by atoms with Crippen molar-refractivity contribution in [2.45, 2.75) is 25.6 Å². The number of carbonyl (C=O) groups is 2. The van der Waals surface area contributed by atoms with Crippen molar-refractivity contribution >= 4 is 29.4 Å². The van der Waals surface area contributed by atoms with Gasteiger partial charge in [0.1, 0.15) is 12.4 Å². The van der Waals surface area contributed by atoms with E-state index in [2.05, 4.69) is 29.4 Å². The van der Waals surface area contributed by atoms with Crippen LogP contribution < -0.4 is 10.2 Å². The average Bonchev–Trinajstić information content (AvgIpc) is 3.34. The van der Waals surface area contributed by atoms with E-state index in [0.717, 1.165) is 44.8 Å².